The Morgan fingerprint density at radius 2 is 2.22 bits per heavy atom. The van der Waals surface area contributed by atoms with E-state index in [-0.39, 0.29) is 12.1 Å². The van der Waals surface area contributed by atoms with E-state index in [2.05, 4.69) is 4.98 Å². The van der Waals surface area contributed by atoms with Crippen LogP contribution in [0.3, 0.4) is 0 Å². The summed E-state index contributed by atoms with van der Waals surface area (Å²) in [5.41, 5.74) is 6.98. The highest BCUT2D eigenvalue weighted by molar-refractivity contribution is 5.84. The number of aromatic nitrogens is 1. The molecule has 0 aliphatic carbocycles. The average Bonchev–Trinajstić information content (AvgIpc) is 2.42. The van der Waals surface area contributed by atoms with Crippen LogP contribution in [-0.4, -0.2) is 30.3 Å². The summed E-state index contributed by atoms with van der Waals surface area (Å²) in [6, 6.07) is 9.81. The van der Waals surface area contributed by atoms with Crippen LogP contribution in [0.2, 0.25) is 0 Å². The Balaban J connectivity index is 1.90. The summed E-state index contributed by atoms with van der Waals surface area (Å²) in [7, 11) is 0. The summed E-state index contributed by atoms with van der Waals surface area (Å²) in [6.07, 6.45) is 2.54. The molecule has 0 saturated carbocycles. The predicted octanol–water partition coefficient (Wildman–Crippen LogP) is 1.73. The van der Waals surface area contributed by atoms with Crippen LogP contribution in [0, 0.1) is 0 Å². The maximum absolute atomic E-state index is 6.05. The Kier molecular flexibility index (Phi) is 3.13. The van der Waals surface area contributed by atoms with Gasteiger partial charge < -0.3 is 15.2 Å². The second-order valence-electron chi connectivity index (χ2n) is 4.51. The van der Waals surface area contributed by atoms with E-state index >= 15 is 0 Å². The van der Waals surface area contributed by atoms with Gasteiger partial charge in [-0.3, -0.25) is 4.98 Å². The average molecular weight is 244 g/mol. The van der Waals surface area contributed by atoms with Crippen molar-refractivity contribution in [3.05, 3.63) is 36.5 Å². The molecule has 94 valence electrons. The second kappa shape index (κ2) is 4.92. The third-order valence-corrected chi connectivity index (χ3v) is 3.24. The number of nitrogens with two attached hydrogens (primary N) is 1. The Labute approximate surface area is 106 Å². The lowest BCUT2D eigenvalue weighted by molar-refractivity contribution is -0.00467. The number of rotatable bonds is 2. The molecule has 2 atom stereocenters. The molecule has 3 rings (SSSR count). The summed E-state index contributed by atoms with van der Waals surface area (Å²) < 4.78 is 11.4. The van der Waals surface area contributed by atoms with Crippen LogP contribution in [0.4, 0.5) is 0 Å². The van der Waals surface area contributed by atoms with Crippen molar-refractivity contribution in [1.82, 2.24) is 4.98 Å². The smallest absolute Gasteiger partial charge is 0.137 e. The lowest BCUT2D eigenvalue weighted by Gasteiger charge is -2.29. The normalized spacial score (nSPS) is 24.1. The van der Waals surface area contributed by atoms with Crippen LogP contribution >= 0.6 is 0 Å². The van der Waals surface area contributed by atoms with Crippen molar-refractivity contribution in [3.63, 3.8) is 0 Å². The van der Waals surface area contributed by atoms with Crippen molar-refractivity contribution < 1.29 is 9.47 Å². The molecule has 0 radical (unpaired) electrons. The zero-order chi connectivity index (χ0) is 12.4. The number of pyridine rings is 1. The number of hydrogen-bond donors (Lipinski definition) is 1. The van der Waals surface area contributed by atoms with Gasteiger partial charge in [0.05, 0.1) is 12.1 Å². The standard InChI is InChI=1S/C14H16N2O2/c15-11-6-8-17-9-14(11)18-13-5-1-4-12-10(13)3-2-7-16-12/h1-5,7,11,14H,6,8-9,15H2. The molecular formula is C14H16N2O2. The molecular weight excluding hydrogens is 228 g/mol. The second-order valence-corrected chi connectivity index (χ2v) is 4.51. The third kappa shape index (κ3) is 2.17. The molecule has 2 aromatic rings. The first kappa shape index (κ1) is 11.4. The SMILES string of the molecule is NC1CCOCC1Oc1cccc2ncccc12. The summed E-state index contributed by atoms with van der Waals surface area (Å²) in [5.74, 6) is 0.826. The molecule has 0 spiro atoms. The summed E-state index contributed by atoms with van der Waals surface area (Å²) in [4.78, 5) is 4.31. The quantitative estimate of drug-likeness (QED) is 0.874. The van der Waals surface area contributed by atoms with E-state index in [0.717, 1.165) is 29.7 Å². The van der Waals surface area contributed by atoms with Gasteiger partial charge in [0.15, 0.2) is 0 Å². The van der Waals surface area contributed by atoms with Gasteiger partial charge in [-0.15, -0.1) is 0 Å². The van der Waals surface area contributed by atoms with Crippen LogP contribution in [-0.2, 0) is 4.74 Å². The zero-order valence-electron chi connectivity index (χ0n) is 10.1. The number of fused-ring (bicyclic) bond motifs is 1. The molecule has 1 fully saturated rings. The molecule has 0 amide bonds. The number of nitrogens with zero attached hydrogens (tertiary/aromatic N) is 1. The van der Waals surface area contributed by atoms with Gasteiger partial charge >= 0.3 is 0 Å². The van der Waals surface area contributed by atoms with E-state index in [1.807, 2.05) is 30.3 Å². The Morgan fingerprint density at radius 3 is 3.11 bits per heavy atom. The highest BCUT2D eigenvalue weighted by atomic mass is 16.5. The monoisotopic (exact) mass is 244 g/mol. The third-order valence-electron chi connectivity index (χ3n) is 3.24. The van der Waals surface area contributed by atoms with Gasteiger partial charge in [0.25, 0.3) is 0 Å². The van der Waals surface area contributed by atoms with E-state index < -0.39 is 0 Å². The Bertz CT molecular complexity index is 539. The lowest BCUT2D eigenvalue weighted by atomic mass is 10.1. The molecule has 1 aromatic heterocycles. The first-order chi connectivity index (χ1) is 8.84. The number of ether oxygens (including phenoxy) is 2. The fourth-order valence-corrected chi connectivity index (χ4v) is 2.19. The van der Waals surface area contributed by atoms with Gasteiger partial charge in [0, 0.05) is 24.2 Å². The molecule has 4 nitrogen and oxygen atoms in total. The van der Waals surface area contributed by atoms with E-state index in [1.165, 1.54) is 0 Å². The molecule has 1 aromatic carbocycles. The maximum atomic E-state index is 6.05. The first-order valence-electron chi connectivity index (χ1n) is 6.18. The lowest BCUT2D eigenvalue weighted by Crippen LogP contribution is -2.46. The number of hydrogen-bond acceptors (Lipinski definition) is 4. The Morgan fingerprint density at radius 1 is 1.28 bits per heavy atom. The van der Waals surface area contributed by atoms with Crippen molar-refractivity contribution >= 4 is 10.9 Å². The molecule has 4 heteroatoms. The zero-order valence-corrected chi connectivity index (χ0v) is 10.1. The molecule has 1 aliphatic heterocycles. The van der Waals surface area contributed by atoms with Gasteiger partial charge in [-0.05, 0) is 30.7 Å². The van der Waals surface area contributed by atoms with Crippen molar-refractivity contribution in [2.75, 3.05) is 13.2 Å². The highest BCUT2D eigenvalue weighted by Gasteiger charge is 2.24. The van der Waals surface area contributed by atoms with E-state index in [9.17, 15) is 0 Å². The van der Waals surface area contributed by atoms with E-state index in [0.29, 0.717) is 6.61 Å². The highest BCUT2D eigenvalue weighted by Crippen LogP contribution is 2.26. The first-order valence-corrected chi connectivity index (χ1v) is 6.18. The molecule has 2 unspecified atom stereocenters. The minimum absolute atomic E-state index is 0.0330. The predicted molar refractivity (Wildman–Crippen MR) is 69.6 cm³/mol. The minimum Gasteiger partial charge on any atom is -0.486 e. The largest absolute Gasteiger partial charge is 0.486 e. The van der Waals surface area contributed by atoms with Gasteiger partial charge in [-0.1, -0.05) is 6.07 Å². The maximum Gasteiger partial charge on any atom is 0.137 e. The summed E-state index contributed by atoms with van der Waals surface area (Å²) >= 11 is 0. The van der Waals surface area contributed by atoms with Gasteiger partial charge in [0.2, 0.25) is 0 Å². The molecule has 0 bridgehead atoms. The van der Waals surface area contributed by atoms with Gasteiger partial charge in [-0.2, -0.15) is 0 Å². The van der Waals surface area contributed by atoms with E-state index in [4.69, 9.17) is 15.2 Å². The summed E-state index contributed by atoms with van der Waals surface area (Å²) in [6.45, 7) is 1.27. The van der Waals surface area contributed by atoms with Crippen LogP contribution in [0.5, 0.6) is 5.75 Å². The molecule has 2 N–H and O–H groups in total. The van der Waals surface area contributed by atoms with E-state index in [1.54, 1.807) is 6.20 Å². The fourth-order valence-electron chi connectivity index (χ4n) is 2.19. The molecule has 1 aliphatic rings. The topological polar surface area (TPSA) is 57.4 Å². The van der Waals surface area contributed by atoms with Crippen molar-refractivity contribution in [3.8, 4) is 5.75 Å². The molecule has 2 heterocycles. The van der Waals surface area contributed by atoms with Crippen LogP contribution in [0.1, 0.15) is 6.42 Å². The fraction of sp³-hybridized carbons (Fsp3) is 0.357. The molecule has 18 heavy (non-hydrogen) atoms. The van der Waals surface area contributed by atoms with Crippen molar-refractivity contribution in [2.45, 2.75) is 18.6 Å². The van der Waals surface area contributed by atoms with Gasteiger partial charge in [-0.25, -0.2) is 0 Å². The van der Waals surface area contributed by atoms with Crippen molar-refractivity contribution in [1.29, 1.82) is 0 Å². The molecule has 1 saturated heterocycles. The van der Waals surface area contributed by atoms with Crippen LogP contribution in [0.15, 0.2) is 36.5 Å². The number of benzene rings is 1. The minimum atomic E-state index is -0.0791. The van der Waals surface area contributed by atoms with Crippen LogP contribution < -0.4 is 10.5 Å². The van der Waals surface area contributed by atoms with Gasteiger partial charge in [0.1, 0.15) is 11.9 Å². The summed E-state index contributed by atoms with van der Waals surface area (Å²) in [5, 5.41) is 1.01. The van der Waals surface area contributed by atoms with Crippen LogP contribution in [0.25, 0.3) is 10.9 Å². The Hall–Kier alpha value is -1.65. The van der Waals surface area contributed by atoms with Crippen molar-refractivity contribution in [2.24, 2.45) is 5.73 Å².